The molecule has 2 aromatic rings. The Labute approximate surface area is 104 Å². The second-order valence-electron chi connectivity index (χ2n) is 3.70. The van der Waals surface area contributed by atoms with Crippen LogP contribution in [-0.2, 0) is 4.74 Å². The molecule has 0 unspecified atom stereocenters. The highest BCUT2D eigenvalue weighted by Crippen LogP contribution is 2.04. The van der Waals surface area contributed by atoms with E-state index in [1.165, 1.54) is 0 Å². The minimum absolute atomic E-state index is 0.00869. The van der Waals surface area contributed by atoms with Gasteiger partial charge in [0.15, 0.2) is 0 Å². The number of hydrogen-bond acceptors (Lipinski definition) is 4. The number of aromatic nitrogens is 2. The van der Waals surface area contributed by atoms with Gasteiger partial charge < -0.3 is 19.6 Å². The van der Waals surface area contributed by atoms with Crippen molar-refractivity contribution in [3.63, 3.8) is 0 Å². The number of fused-ring (bicyclic) bond motifs is 1. The minimum atomic E-state index is -0.154. The average Bonchev–Trinajstić information content (AvgIpc) is 2.85. The van der Waals surface area contributed by atoms with Gasteiger partial charge in [-0.05, 0) is 12.1 Å². The molecule has 6 nitrogen and oxygen atoms in total. The first-order valence-electron chi connectivity index (χ1n) is 5.71. The van der Waals surface area contributed by atoms with Crippen LogP contribution >= 0.6 is 0 Å². The Morgan fingerprint density at radius 3 is 3.17 bits per heavy atom. The van der Waals surface area contributed by atoms with E-state index in [2.05, 4.69) is 10.3 Å². The van der Waals surface area contributed by atoms with E-state index in [0.717, 1.165) is 5.65 Å². The van der Waals surface area contributed by atoms with Crippen LogP contribution < -0.4 is 5.32 Å². The number of imidazole rings is 1. The smallest absolute Gasteiger partial charge is 0.252 e. The second kappa shape index (κ2) is 6.13. The number of carbonyl (C=O) groups excluding carboxylic acids is 1. The summed E-state index contributed by atoms with van der Waals surface area (Å²) in [5, 5.41) is 11.2. The first-order chi connectivity index (χ1) is 8.81. The zero-order valence-corrected chi connectivity index (χ0v) is 9.87. The highest BCUT2D eigenvalue weighted by molar-refractivity contribution is 5.94. The maximum atomic E-state index is 11.8. The van der Waals surface area contributed by atoms with Gasteiger partial charge in [0, 0.05) is 25.1 Å². The number of ether oxygens (including phenoxy) is 1. The van der Waals surface area contributed by atoms with Crippen LogP contribution in [0.15, 0.2) is 30.7 Å². The Kier molecular flexibility index (Phi) is 4.27. The van der Waals surface area contributed by atoms with Gasteiger partial charge in [0.25, 0.3) is 5.91 Å². The summed E-state index contributed by atoms with van der Waals surface area (Å²) < 4.78 is 6.84. The molecule has 2 rings (SSSR count). The zero-order chi connectivity index (χ0) is 12.8. The third-order valence-electron chi connectivity index (χ3n) is 2.42. The molecule has 0 aromatic carbocycles. The van der Waals surface area contributed by atoms with Crippen molar-refractivity contribution in [1.82, 2.24) is 14.7 Å². The van der Waals surface area contributed by atoms with Crippen LogP contribution in [0, 0.1) is 0 Å². The van der Waals surface area contributed by atoms with Gasteiger partial charge in [-0.1, -0.05) is 0 Å². The Hall–Kier alpha value is -1.92. The molecule has 0 atom stereocenters. The molecule has 0 saturated heterocycles. The summed E-state index contributed by atoms with van der Waals surface area (Å²) in [7, 11) is 0. The summed E-state index contributed by atoms with van der Waals surface area (Å²) >= 11 is 0. The number of pyridine rings is 1. The third-order valence-corrected chi connectivity index (χ3v) is 2.42. The van der Waals surface area contributed by atoms with Gasteiger partial charge in [-0.25, -0.2) is 4.98 Å². The summed E-state index contributed by atoms with van der Waals surface area (Å²) in [5.41, 5.74) is 1.38. The number of aliphatic hydroxyl groups excluding tert-OH is 1. The third kappa shape index (κ3) is 3.06. The molecule has 0 aliphatic heterocycles. The SMILES string of the molecule is O=C(NCCOCCO)c1ccc2nccn2c1. The van der Waals surface area contributed by atoms with E-state index >= 15 is 0 Å². The molecule has 0 aliphatic rings. The standard InChI is InChI=1S/C12H15N3O3/c16-6-8-18-7-4-14-12(17)10-1-2-11-13-3-5-15(11)9-10/h1-3,5,9,16H,4,6-8H2,(H,14,17). The molecule has 1 amide bonds. The topological polar surface area (TPSA) is 75.9 Å². The predicted molar refractivity (Wildman–Crippen MR) is 65.4 cm³/mol. The molecule has 18 heavy (non-hydrogen) atoms. The van der Waals surface area contributed by atoms with E-state index in [1.807, 2.05) is 0 Å². The lowest BCUT2D eigenvalue weighted by Gasteiger charge is -2.06. The summed E-state index contributed by atoms with van der Waals surface area (Å²) in [5.74, 6) is -0.154. The van der Waals surface area contributed by atoms with E-state index in [9.17, 15) is 4.79 Å². The molecule has 0 spiro atoms. The molecule has 0 aliphatic carbocycles. The highest BCUT2D eigenvalue weighted by Gasteiger charge is 2.05. The van der Waals surface area contributed by atoms with Crippen LogP contribution in [0.4, 0.5) is 0 Å². The molecule has 0 fully saturated rings. The predicted octanol–water partition coefficient (Wildman–Crippen LogP) is 0.0730. The number of nitrogens with zero attached hydrogens (tertiary/aromatic N) is 2. The molecule has 6 heteroatoms. The number of rotatable bonds is 6. The minimum Gasteiger partial charge on any atom is -0.394 e. The fourth-order valence-corrected chi connectivity index (χ4v) is 1.56. The second-order valence-corrected chi connectivity index (χ2v) is 3.70. The van der Waals surface area contributed by atoms with Gasteiger partial charge in [0.2, 0.25) is 0 Å². The number of amides is 1. The fraction of sp³-hybridized carbons (Fsp3) is 0.333. The van der Waals surface area contributed by atoms with Crippen LogP contribution in [-0.4, -0.2) is 46.8 Å². The van der Waals surface area contributed by atoms with Crippen molar-refractivity contribution < 1.29 is 14.6 Å². The van der Waals surface area contributed by atoms with E-state index in [1.54, 1.807) is 35.1 Å². The molecule has 2 N–H and O–H groups in total. The zero-order valence-electron chi connectivity index (χ0n) is 9.87. The average molecular weight is 249 g/mol. The van der Waals surface area contributed by atoms with Gasteiger partial charge in [-0.15, -0.1) is 0 Å². The molecular weight excluding hydrogens is 234 g/mol. The van der Waals surface area contributed by atoms with Crippen molar-refractivity contribution in [3.05, 3.63) is 36.3 Å². The molecule has 2 heterocycles. The van der Waals surface area contributed by atoms with Gasteiger partial charge in [-0.2, -0.15) is 0 Å². The molecule has 0 bridgehead atoms. The van der Waals surface area contributed by atoms with Crippen LogP contribution in [0.3, 0.4) is 0 Å². The van der Waals surface area contributed by atoms with Crippen LogP contribution in [0.5, 0.6) is 0 Å². The Balaban J connectivity index is 1.88. The highest BCUT2D eigenvalue weighted by atomic mass is 16.5. The number of hydrogen-bond donors (Lipinski definition) is 2. The van der Waals surface area contributed by atoms with Crippen LogP contribution in [0.1, 0.15) is 10.4 Å². The lowest BCUT2D eigenvalue weighted by atomic mass is 10.2. The van der Waals surface area contributed by atoms with Crippen molar-refractivity contribution in [2.24, 2.45) is 0 Å². The summed E-state index contributed by atoms with van der Waals surface area (Å²) in [4.78, 5) is 15.9. The monoisotopic (exact) mass is 249 g/mol. The Bertz CT molecular complexity index is 524. The molecule has 2 aromatic heterocycles. The first-order valence-corrected chi connectivity index (χ1v) is 5.71. The molecule has 0 saturated carbocycles. The normalized spacial score (nSPS) is 10.7. The maximum Gasteiger partial charge on any atom is 0.252 e. The lowest BCUT2D eigenvalue weighted by Crippen LogP contribution is -2.27. The van der Waals surface area contributed by atoms with E-state index in [4.69, 9.17) is 9.84 Å². The largest absolute Gasteiger partial charge is 0.394 e. The quantitative estimate of drug-likeness (QED) is 0.710. The van der Waals surface area contributed by atoms with E-state index < -0.39 is 0 Å². The Morgan fingerprint density at radius 1 is 1.44 bits per heavy atom. The molecule has 0 radical (unpaired) electrons. The van der Waals surface area contributed by atoms with E-state index in [-0.39, 0.29) is 19.1 Å². The lowest BCUT2D eigenvalue weighted by molar-refractivity contribution is 0.0838. The van der Waals surface area contributed by atoms with Crippen molar-refractivity contribution in [3.8, 4) is 0 Å². The van der Waals surface area contributed by atoms with Gasteiger partial charge in [-0.3, -0.25) is 4.79 Å². The van der Waals surface area contributed by atoms with Gasteiger partial charge >= 0.3 is 0 Å². The van der Waals surface area contributed by atoms with Crippen LogP contribution in [0.2, 0.25) is 0 Å². The van der Waals surface area contributed by atoms with Gasteiger partial charge in [0.05, 0.1) is 25.4 Å². The summed E-state index contributed by atoms with van der Waals surface area (Å²) in [6, 6.07) is 3.52. The summed E-state index contributed by atoms with van der Waals surface area (Å²) in [6.07, 6.45) is 5.20. The van der Waals surface area contributed by atoms with Gasteiger partial charge in [0.1, 0.15) is 5.65 Å². The van der Waals surface area contributed by atoms with E-state index in [0.29, 0.717) is 18.7 Å². The fourth-order valence-electron chi connectivity index (χ4n) is 1.56. The van der Waals surface area contributed by atoms with Crippen LogP contribution in [0.25, 0.3) is 5.65 Å². The van der Waals surface area contributed by atoms with Crippen molar-refractivity contribution in [1.29, 1.82) is 0 Å². The van der Waals surface area contributed by atoms with Crippen molar-refractivity contribution >= 4 is 11.6 Å². The number of carbonyl (C=O) groups is 1. The molecular formula is C12H15N3O3. The number of aliphatic hydroxyl groups is 1. The first kappa shape index (κ1) is 12.5. The Morgan fingerprint density at radius 2 is 2.33 bits per heavy atom. The number of nitrogens with one attached hydrogen (secondary N) is 1. The maximum absolute atomic E-state index is 11.8. The van der Waals surface area contributed by atoms with Crippen molar-refractivity contribution in [2.75, 3.05) is 26.4 Å². The summed E-state index contributed by atoms with van der Waals surface area (Å²) in [6.45, 7) is 1.09. The van der Waals surface area contributed by atoms with Crippen molar-refractivity contribution in [2.45, 2.75) is 0 Å². The molecule has 96 valence electrons.